The summed E-state index contributed by atoms with van der Waals surface area (Å²) in [6, 6.07) is 19.2. The normalized spacial score (nSPS) is 24.1. The van der Waals surface area contributed by atoms with E-state index in [0.717, 1.165) is 6.42 Å². The molecular weight excluding hydrogens is 421 g/mol. The Balaban J connectivity index is 1.55. The molecule has 2 atom stereocenters. The number of benzene rings is 2. The van der Waals surface area contributed by atoms with Crippen molar-refractivity contribution in [1.29, 1.82) is 0 Å². The number of rotatable bonds is 3. The number of hydrogen-bond donors (Lipinski definition) is 1. The van der Waals surface area contributed by atoms with Crippen molar-refractivity contribution in [3.05, 3.63) is 69.1 Å². The van der Waals surface area contributed by atoms with E-state index in [9.17, 15) is 9.59 Å². The van der Waals surface area contributed by atoms with Crippen molar-refractivity contribution in [2.24, 2.45) is 0 Å². The van der Waals surface area contributed by atoms with Gasteiger partial charge in [0.1, 0.15) is 0 Å². The van der Waals surface area contributed by atoms with Crippen LogP contribution in [0.4, 0.5) is 4.79 Å². The van der Waals surface area contributed by atoms with E-state index in [4.69, 9.17) is 0 Å². The van der Waals surface area contributed by atoms with Crippen molar-refractivity contribution >= 4 is 53.2 Å². The van der Waals surface area contributed by atoms with E-state index in [2.05, 4.69) is 53.8 Å². The number of allylic oxidation sites excluding steroid dienone is 2. The van der Waals surface area contributed by atoms with Gasteiger partial charge in [0, 0.05) is 0 Å². The second-order valence-electron chi connectivity index (χ2n) is 6.51. The number of amides is 2. The second kappa shape index (κ2) is 5.53. The SMILES string of the molecule is O=C1NC(=O)C([CH]2C3=[C](Cc4ccccc4)[In]2[c]2ccccc23)S1. The third kappa shape index (κ3) is 2.07. The Morgan fingerprint density at radius 2 is 1.75 bits per heavy atom. The molecule has 0 aliphatic carbocycles. The van der Waals surface area contributed by atoms with E-state index in [1.54, 1.807) is 3.33 Å². The molecule has 24 heavy (non-hydrogen) atoms. The average molecular weight is 435 g/mol. The summed E-state index contributed by atoms with van der Waals surface area (Å²) >= 11 is -1.02. The van der Waals surface area contributed by atoms with Gasteiger partial charge in [-0.05, 0) is 0 Å². The number of hydrogen-bond acceptors (Lipinski definition) is 3. The predicted molar refractivity (Wildman–Crippen MR) is 97.6 cm³/mol. The van der Waals surface area contributed by atoms with Crippen LogP contribution in [0.5, 0.6) is 0 Å². The average Bonchev–Trinajstić information content (AvgIpc) is 3.20. The van der Waals surface area contributed by atoms with Crippen LogP contribution in [-0.2, 0) is 11.2 Å². The topological polar surface area (TPSA) is 46.2 Å². The van der Waals surface area contributed by atoms with Gasteiger partial charge in [-0.15, -0.1) is 0 Å². The molecule has 0 aromatic heterocycles. The first kappa shape index (κ1) is 14.8. The molecule has 3 nitrogen and oxygen atoms in total. The first-order chi connectivity index (χ1) is 11.7. The van der Waals surface area contributed by atoms with Crippen LogP contribution in [0.25, 0.3) is 5.57 Å². The van der Waals surface area contributed by atoms with Crippen LogP contribution < -0.4 is 8.64 Å². The molecular formula is C19H14InNO2S. The van der Waals surface area contributed by atoms with Gasteiger partial charge >= 0.3 is 153 Å². The summed E-state index contributed by atoms with van der Waals surface area (Å²) in [6.07, 6.45) is 1.01. The summed E-state index contributed by atoms with van der Waals surface area (Å²) in [5, 5.41) is 2.09. The molecule has 4 aliphatic rings. The van der Waals surface area contributed by atoms with Crippen LogP contribution in [0.1, 0.15) is 11.1 Å². The Morgan fingerprint density at radius 1 is 1.00 bits per heavy atom. The van der Waals surface area contributed by atoms with Crippen molar-refractivity contribution in [2.75, 3.05) is 0 Å². The molecule has 116 valence electrons. The number of carbonyl (C=O) groups is 2. The summed E-state index contributed by atoms with van der Waals surface area (Å²) < 4.78 is 3.50. The van der Waals surface area contributed by atoms with E-state index in [-0.39, 0.29) is 16.4 Å². The van der Waals surface area contributed by atoms with Crippen molar-refractivity contribution in [3.8, 4) is 0 Å². The van der Waals surface area contributed by atoms with Gasteiger partial charge in [0.15, 0.2) is 0 Å². The molecule has 2 amide bonds. The number of imide groups is 1. The molecule has 1 fully saturated rings. The minimum absolute atomic E-state index is 0.0826. The van der Waals surface area contributed by atoms with E-state index < -0.39 is 21.4 Å². The first-order valence-corrected chi connectivity index (χ1v) is 14.2. The Labute approximate surface area is 152 Å². The van der Waals surface area contributed by atoms with Gasteiger partial charge in [-0.25, -0.2) is 0 Å². The monoisotopic (exact) mass is 435 g/mol. The second-order valence-corrected chi connectivity index (χ2v) is 16.2. The fourth-order valence-electron chi connectivity index (χ4n) is 4.37. The molecule has 6 rings (SSSR count). The van der Waals surface area contributed by atoms with Crippen molar-refractivity contribution in [3.63, 3.8) is 0 Å². The van der Waals surface area contributed by atoms with Gasteiger partial charge in [0.25, 0.3) is 0 Å². The number of nitrogens with one attached hydrogen (secondary N) is 1. The van der Waals surface area contributed by atoms with Crippen molar-refractivity contribution < 1.29 is 9.59 Å². The van der Waals surface area contributed by atoms with Crippen LogP contribution in [0, 0.1) is 0 Å². The third-order valence-corrected chi connectivity index (χ3v) is 18.2. The first-order valence-electron chi connectivity index (χ1n) is 8.11. The Morgan fingerprint density at radius 3 is 2.46 bits per heavy atom. The van der Waals surface area contributed by atoms with Crippen molar-refractivity contribution in [1.82, 2.24) is 5.32 Å². The molecule has 0 radical (unpaired) electrons. The molecule has 2 unspecified atom stereocenters. The fraction of sp³-hybridized carbons (Fsp3) is 0.158. The maximum atomic E-state index is 12.2. The van der Waals surface area contributed by atoms with Crippen LogP contribution in [0.15, 0.2) is 57.9 Å². The van der Waals surface area contributed by atoms with E-state index in [1.807, 2.05) is 6.07 Å². The third-order valence-electron chi connectivity index (χ3n) is 5.28. The van der Waals surface area contributed by atoms with Gasteiger partial charge in [0.2, 0.25) is 0 Å². The van der Waals surface area contributed by atoms with Gasteiger partial charge < -0.3 is 0 Å². The molecule has 5 heteroatoms. The molecule has 4 aliphatic heterocycles. The summed E-state index contributed by atoms with van der Waals surface area (Å²) in [5.74, 6) is -0.0826. The molecule has 1 N–H and O–H groups in total. The zero-order valence-corrected chi connectivity index (χ0v) is 17.0. The van der Waals surface area contributed by atoms with Crippen LogP contribution in [-0.4, -0.2) is 37.8 Å². The minimum atomic E-state index is -2.22. The summed E-state index contributed by atoms with van der Waals surface area (Å²) in [7, 11) is 0. The number of thioether (sulfide) groups is 1. The Bertz CT molecular complexity index is 909. The Hall–Kier alpha value is -1.46. The molecule has 4 heterocycles. The van der Waals surface area contributed by atoms with E-state index in [0.29, 0.717) is 3.67 Å². The zero-order valence-electron chi connectivity index (χ0n) is 12.9. The summed E-state index contributed by atoms with van der Waals surface area (Å²) in [6.45, 7) is 0. The molecule has 0 saturated carbocycles. The standard InChI is InChI=1S/C19H14NO2S.In/c21-18-17(23-19(22)20-18)13-16(15-9-5-2-6-10-15)12-11-14-7-3-1-4-8-14;/h1-9,13,17H,11H2,(H,20,21,22);. The molecule has 2 aromatic rings. The fourth-order valence-corrected chi connectivity index (χ4v) is 18.9. The van der Waals surface area contributed by atoms with Gasteiger partial charge in [-0.2, -0.15) is 0 Å². The predicted octanol–water partition coefficient (Wildman–Crippen LogP) is 2.67. The van der Waals surface area contributed by atoms with Crippen LogP contribution in [0.2, 0.25) is 3.67 Å². The van der Waals surface area contributed by atoms with E-state index in [1.165, 1.54) is 31.8 Å². The number of carbonyl (C=O) groups excluding carboxylic acids is 2. The van der Waals surface area contributed by atoms with Gasteiger partial charge in [-0.3, -0.25) is 0 Å². The zero-order chi connectivity index (χ0) is 16.3. The van der Waals surface area contributed by atoms with Crippen LogP contribution in [0.3, 0.4) is 0 Å². The summed E-state index contributed by atoms with van der Waals surface area (Å²) in [5.41, 5.74) is 4.09. The maximum absolute atomic E-state index is 12.2. The quantitative estimate of drug-likeness (QED) is 0.807. The summed E-state index contributed by atoms with van der Waals surface area (Å²) in [4.78, 5) is 23.8. The van der Waals surface area contributed by atoms with Gasteiger partial charge in [0.05, 0.1) is 0 Å². The Kier molecular flexibility index (Phi) is 3.42. The van der Waals surface area contributed by atoms with E-state index >= 15 is 0 Å². The van der Waals surface area contributed by atoms with Crippen LogP contribution >= 0.6 is 11.8 Å². The van der Waals surface area contributed by atoms with Gasteiger partial charge in [-0.1, -0.05) is 0 Å². The molecule has 2 aromatic carbocycles. The molecule has 2 bridgehead atoms. The molecule has 1 saturated heterocycles. The van der Waals surface area contributed by atoms with Crippen molar-refractivity contribution in [2.45, 2.75) is 15.3 Å². The molecule has 0 spiro atoms.